The standard InChI is InChI=1S/C12H16ClNO/c13-10-4-2-9(3-5-10)12(6-1-7-12)11(14)8-15/h2-5,11,15H,1,6-8,14H2/p+1/t11-/m1/s1. The second-order valence-electron chi connectivity index (χ2n) is 4.40. The Kier molecular flexibility index (Phi) is 3.01. The summed E-state index contributed by atoms with van der Waals surface area (Å²) in [6.45, 7) is 0.155. The fraction of sp³-hybridized carbons (Fsp3) is 0.500. The lowest BCUT2D eigenvalue weighted by Crippen LogP contribution is -2.73. The maximum Gasteiger partial charge on any atom is 0.117 e. The lowest BCUT2D eigenvalue weighted by atomic mass is 9.60. The van der Waals surface area contributed by atoms with Gasteiger partial charge in [-0.05, 0) is 30.5 Å². The normalized spacial score (nSPS) is 20.7. The molecule has 0 unspecified atom stereocenters. The first-order valence-corrected chi connectivity index (χ1v) is 5.77. The van der Waals surface area contributed by atoms with E-state index in [0.29, 0.717) is 0 Å². The average molecular weight is 227 g/mol. The number of hydrogen-bond acceptors (Lipinski definition) is 1. The smallest absolute Gasteiger partial charge is 0.117 e. The zero-order valence-corrected chi connectivity index (χ0v) is 9.50. The van der Waals surface area contributed by atoms with E-state index in [1.165, 1.54) is 12.0 Å². The molecule has 2 nitrogen and oxygen atoms in total. The molecule has 1 aliphatic rings. The van der Waals surface area contributed by atoms with E-state index in [1.807, 2.05) is 12.1 Å². The molecule has 0 spiro atoms. The molecule has 0 heterocycles. The van der Waals surface area contributed by atoms with Crippen molar-refractivity contribution in [3.8, 4) is 0 Å². The molecule has 0 amide bonds. The Bertz CT molecular complexity index is 332. The van der Waals surface area contributed by atoms with Crippen molar-refractivity contribution >= 4 is 11.6 Å². The Hall–Kier alpha value is -0.570. The fourth-order valence-electron chi connectivity index (χ4n) is 2.45. The zero-order chi connectivity index (χ0) is 10.9. The minimum Gasteiger partial charge on any atom is -0.390 e. The molecule has 1 saturated carbocycles. The van der Waals surface area contributed by atoms with Gasteiger partial charge in [-0.3, -0.25) is 0 Å². The van der Waals surface area contributed by atoms with Crippen LogP contribution in [0.3, 0.4) is 0 Å². The van der Waals surface area contributed by atoms with Crippen molar-refractivity contribution in [3.63, 3.8) is 0 Å². The van der Waals surface area contributed by atoms with Crippen LogP contribution in [-0.4, -0.2) is 17.8 Å². The number of quaternary nitrogens is 1. The summed E-state index contributed by atoms with van der Waals surface area (Å²) in [6.07, 6.45) is 3.49. The predicted octanol–water partition coefficient (Wildman–Crippen LogP) is 1.36. The highest BCUT2D eigenvalue weighted by Gasteiger charge is 2.46. The highest BCUT2D eigenvalue weighted by atomic mass is 35.5. The summed E-state index contributed by atoms with van der Waals surface area (Å²) in [7, 11) is 0. The molecule has 1 aromatic rings. The van der Waals surface area contributed by atoms with Crippen LogP contribution >= 0.6 is 11.6 Å². The van der Waals surface area contributed by atoms with E-state index in [9.17, 15) is 5.11 Å². The fourth-order valence-corrected chi connectivity index (χ4v) is 2.57. The summed E-state index contributed by atoms with van der Waals surface area (Å²) in [6, 6.07) is 8.06. The highest BCUT2D eigenvalue weighted by molar-refractivity contribution is 6.30. The molecular weight excluding hydrogens is 210 g/mol. The minimum atomic E-state index is 0.0902. The van der Waals surface area contributed by atoms with Gasteiger partial charge in [-0.15, -0.1) is 0 Å². The van der Waals surface area contributed by atoms with E-state index in [1.54, 1.807) is 0 Å². The maximum absolute atomic E-state index is 9.26. The average Bonchev–Trinajstić information content (AvgIpc) is 2.19. The number of halogens is 1. The van der Waals surface area contributed by atoms with Gasteiger partial charge in [0.25, 0.3) is 0 Å². The first kappa shape index (κ1) is 10.9. The minimum absolute atomic E-state index is 0.0902. The molecule has 2 rings (SSSR count). The van der Waals surface area contributed by atoms with Crippen molar-refractivity contribution in [2.75, 3.05) is 6.61 Å². The topological polar surface area (TPSA) is 47.9 Å². The Morgan fingerprint density at radius 2 is 1.93 bits per heavy atom. The molecule has 0 aliphatic heterocycles. The summed E-state index contributed by atoms with van der Waals surface area (Å²) in [5.41, 5.74) is 5.43. The van der Waals surface area contributed by atoms with Gasteiger partial charge in [-0.2, -0.15) is 0 Å². The molecule has 4 N–H and O–H groups in total. The van der Waals surface area contributed by atoms with Crippen molar-refractivity contribution in [3.05, 3.63) is 34.9 Å². The predicted molar refractivity (Wildman–Crippen MR) is 60.7 cm³/mol. The summed E-state index contributed by atoms with van der Waals surface area (Å²) in [5, 5.41) is 10.0. The lowest BCUT2D eigenvalue weighted by Gasteiger charge is -2.44. The van der Waals surface area contributed by atoms with Gasteiger partial charge in [-0.1, -0.05) is 30.2 Å². The Morgan fingerprint density at radius 3 is 2.33 bits per heavy atom. The van der Waals surface area contributed by atoms with Gasteiger partial charge in [0.2, 0.25) is 0 Å². The van der Waals surface area contributed by atoms with Crippen LogP contribution in [0.25, 0.3) is 0 Å². The largest absolute Gasteiger partial charge is 0.390 e. The molecule has 0 saturated heterocycles. The van der Waals surface area contributed by atoms with Crippen LogP contribution in [0.4, 0.5) is 0 Å². The van der Waals surface area contributed by atoms with Crippen molar-refractivity contribution in [1.29, 1.82) is 0 Å². The molecule has 3 heteroatoms. The third-order valence-corrected chi connectivity index (χ3v) is 3.92. The van der Waals surface area contributed by atoms with Crippen LogP contribution in [0.15, 0.2) is 24.3 Å². The van der Waals surface area contributed by atoms with Crippen LogP contribution < -0.4 is 5.73 Å². The van der Waals surface area contributed by atoms with Crippen LogP contribution in [0.5, 0.6) is 0 Å². The molecule has 0 aromatic heterocycles. The summed E-state index contributed by atoms with van der Waals surface area (Å²) in [5.74, 6) is 0. The van der Waals surface area contributed by atoms with Crippen molar-refractivity contribution in [2.45, 2.75) is 30.7 Å². The van der Waals surface area contributed by atoms with Gasteiger partial charge < -0.3 is 10.8 Å². The van der Waals surface area contributed by atoms with E-state index >= 15 is 0 Å². The Labute approximate surface area is 95.1 Å². The summed E-state index contributed by atoms with van der Waals surface area (Å²) in [4.78, 5) is 0. The van der Waals surface area contributed by atoms with Gasteiger partial charge in [0.05, 0.1) is 6.61 Å². The number of aliphatic hydroxyl groups is 1. The molecule has 1 aromatic carbocycles. The monoisotopic (exact) mass is 226 g/mol. The SMILES string of the molecule is [NH3+][C@H](CO)C1(c2ccc(Cl)cc2)CCC1. The van der Waals surface area contributed by atoms with Crippen LogP contribution in [-0.2, 0) is 5.41 Å². The Balaban J connectivity index is 2.30. The molecule has 1 fully saturated rings. The summed E-state index contributed by atoms with van der Waals surface area (Å²) >= 11 is 5.87. The first-order chi connectivity index (χ1) is 7.19. The number of hydrogen-bond donors (Lipinski definition) is 2. The third-order valence-electron chi connectivity index (χ3n) is 3.67. The molecule has 1 atom stereocenters. The van der Waals surface area contributed by atoms with Crippen LogP contribution in [0.2, 0.25) is 5.02 Å². The molecule has 1 aliphatic carbocycles. The molecule has 82 valence electrons. The second kappa shape index (κ2) is 4.12. The second-order valence-corrected chi connectivity index (χ2v) is 4.83. The third kappa shape index (κ3) is 1.78. The van der Waals surface area contributed by atoms with Crippen molar-refractivity contribution in [1.82, 2.24) is 0 Å². The molecule has 15 heavy (non-hydrogen) atoms. The molecular formula is C12H17ClNO+. The van der Waals surface area contributed by atoms with Crippen LogP contribution in [0, 0.1) is 0 Å². The highest BCUT2D eigenvalue weighted by Crippen LogP contribution is 2.45. The quantitative estimate of drug-likeness (QED) is 0.804. The van der Waals surface area contributed by atoms with E-state index in [-0.39, 0.29) is 18.1 Å². The van der Waals surface area contributed by atoms with E-state index < -0.39 is 0 Å². The van der Waals surface area contributed by atoms with Crippen LogP contribution in [0.1, 0.15) is 24.8 Å². The first-order valence-electron chi connectivity index (χ1n) is 5.39. The van der Waals surface area contributed by atoms with Crippen molar-refractivity contribution in [2.24, 2.45) is 0 Å². The van der Waals surface area contributed by atoms with Gasteiger partial charge >= 0.3 is 0 Å². The van der Waals surface area contributed by atoms with Gasteiger partial charge in [-0.25, -0.2) is 0 Å². The number of benzene rings is 1. The molecule has 0 radical (unpaired) electrons. The van der Waals surface area contributed by atoms with Crippen molar-refractivity contribution < 1.29 is 10.8 Å². The van der Waals surface area contributed by atoms with Gasteiger partial charge in [0.1, 0.15) is 6.04 Å². The molecule has 0 bridgehead atoms. The van der Waals surface area contributed by atoms with Gasteiger partial charge in [0, 0.05) is 10.4 Å². The lowest BCUT2D eigenvalue weighted by molar-refractivity contribution is -0.448. The van der Waals surface area contributed by atoms with E-state index in [0.717, 1.165) is 17.9 Å². The van der Waals surface area contributed by atoms with E-state index in [4.69, 9.17) is 11.6 Å². The van der Waals surface area contributed by atoms with E-state index in [2.05, 4.69) is 17.9 Å². The zero-order valence-electron chi connectivity index (χ0n) is 8.75. The van der Waals surface area contributed by atoms with Gasteiger partial charge in [0.15, 0.2) is 0 Å². The summed E-state index contributed by atoms with van der Waals surface area (Å²) < 4.78 is 0. The Morgan fingerprint density at radius 1 is 1.33 bits per heavy atom. The number of aliphatic hydroxyl groups excluding tert-OH is 1. The number of rotatable bonds is 3. The maximum atomic E-state index is 9.26.